The van der Waals surface area contributed by atoms with Crippen LogP contribution < -0.4 is 0 Å². The zero-order valence-electron chi connectivity index (χ0n) is 16.6. The normalized spacial score (nSPS) is 14.1. The summed E-state index contributed by atoms with van der Waals surface area (Å²) in [5.74, 6) is 1.67. The SMILES string of the molecule is Cc1ccc(Cn2cc(-c3nc(-c4ccc(C5COC5)cc4)no3)cc2C)cc1. The van der Waals surface area contributed by atoms with Gasteiger partial charge >= 0.3 is 0 Å². The highest BCUT2D eigenvalue weighted by Crippen LogP contribution is 2.28. The lowest BCUT2D eigenvalue weighted by Crippen LogP contribution is -2.24. The smallest absolute Gasteiger partial charge is 0.259 e. The Kier molecular flexibility index (Phi) is 4.52. The summed E-state index contributed by atoms with van der Waals surface area (Å²) >= 11 is 0. The fraction of sp³-hybridized carbons (Fsp3) is 0.250. The summed E-state index contributed by atoms with van der Waals surface area (Å²) in [7, 11) is 0. The van der Waals surface area contributed by atoms with Crippen LogP contribution in [0, 0.1) is 13.8 Å². The number of ether oxygens (including phenoxy) is 1. The van der Waals surface area contributed by atoms with Gasteiger partial charge in [0.05, 0.1) is 18.8 Å². The van der Waals surface area contributed by atoms with Crippen LogP contribution in [-0.2, 0) is 11.3 Å². The minimum absolute atomic E-state index is 0.515. The summed E-state index contributed by atoms with van der Waals surface area (Å²) < 4.78 is 13.0. The van der Waals surface area contributed by atoms with Gasteiger partial charge < -0.3 is 13.8 Å². The molecule has 2 aromatic carbocycles. The van der Waals surface area contributed by atoms with Crippen molar-refractivity contribution >= 4 is 0 Å². The maximum Gasteiger partial charge on any atom is 0.259 e. The Morgan fingerprint density at radius 1 is 0.966 bits per heavy atom. The number of hydrogen-bond acceptors (Lipinski definition) is 4. The molecule has 1 aliphatic heterocycles. The van der Waals surface area contributed by atoms with Crippen molar-refractivity contribution < 1.29 is 9.26 Å². The van der Waals surface area contributed by atoms with E-state index in [1.54, 1.807) is 0 Å². The van der Waals surface area contributed by atoms with E-state index in [1.807, 2.05) is 0 Å². The van der Waals surface area contributed by atoms with Crippen molar-refractivity contribution in [3.8, 4) is 22.8 Å². The van der Waals surface area contributed by atoms with Gasteiger partial charge in [-0.1, -0.05) is 59.3 Å². The number of nitrogens with zero attached hydrogens (tertiary/aromatic N) is 3. The van der Waals surface area contributed by atoms with Crippen LogP contribution in [0.3, 0.4) is 0 Å². The van der Waals surface area contributed by atoms with Crippen molar-refractivity contribution in [2.45, 2.75) is 26.3 Å². The molecule has 4 aromatic rings. The van der Waals surface area contributed by atoms with E-state index >= 15 is 0 Å². The van der Waals surface area contributed by atoms with E-state index < -0.39 is 0 Å². The number of hydrogen-bond donors (Lipinski definition) is 0. The number of aromatic nitrogens is 3. The summed E-state index contributed by atoms with van der Waals surface area (Å²) in [5.41, 5.74) is 6.89. The molecule has 29 heavy (non-hydrogen) atoms. The summed E-state index contributed by atoms with van der Waals surface area (Å²) in [6.45, 7) is 6.64. The molecule has 0 aliphatic carbocycles. The average Bonchev–Trinajstić information content (AvgIpc) is 3.30. The molecule has 0 atom stereocenters. The molecule has 0 amide bonds. The molecule has 0 radical (unpaired) electrons. The zero-order valence-corrected chi connectivity index (χ0v) is 16.6. The van der Waals surface area contributed by atoms with Gasteiger partial charge in [-0.05, 0) is 31.0 Å². The van der Waals surface area contributed by atoms with Gasteiger partial charge in [-0.2, -0.15) is 4.98 Å². The number of benzene rings is 2. The van der Waals surface area contributed by atoms with Crippen LogP contribution in [0.5, 0.6) is 0 Å². The fourth-order valence-corrected chi connectivity index (χ4v) is 3.58. The molecule has 5 nitrogen and oxygen atoms in total. The molecule has 0 bridgehead atoms. The molecule has 5 rings (SSSR count). The van der Waals surface area contributed by atoms with Crippen molar-refractivity contribution in [1.29, 1.82) is 0 Å². The number of aryl methyl sites for hydroxylation is 2. The Balaban J connectivity index is 1.35. The maximum absolute atomic E-state index is 5.55. The highest BCUT2D eigenvalue weighted by Gasteiger charge is 2.20. The summed E-state index contributed by atoms with van der Waals surface area (Å²) in [4.78, 5) is 4.62. The second kappa shape index (κ2) is 7.33. The van der Waals surface area contributed by atoms with E-state index in [4.69, 9.17) is 9.26 Å². The molecule has 1 aliphatic rings. The van der Waals surface area contributed by atoms with E-state index in [-0.39, 0.29) is 0 Å². The lowest BCUT2D eigenvalue weighted by Gasteiger charge is -2.26. The Labute approximate surface area is 170 Å². The third-order valence-electron chi connectivity index (χ3n) is 5.54. The van der Waals surface area contributed by atoms with E-state index in [0.717, 1.165) is 36.6 Å². The molecule has 0 unspecified atom stereocenters. The van der Waals surface area contributed by atoms with E-state index in [0.29, 0.717) is 17.6 Å². The maximum atomic E-state index is 5.55. The van der Waals surface area contributed by atoms with E-state index in [9.17, 15) is 0 Å². The molecule has 146 valence electrons. The monoisotopic (exact) mass is 385 g/mol. The number of rotatable bonds is 5. The second-order valence-corrected chi connectivity index (χ2v) is 7.76. The standard InChI is InChI=1S/C24H23N3O2/c1-16-3-5-18(6-4-16)12-27-13-21(11-17(27)2)24-25-23(26-29-24)20-9-7-19(8-10-20)22-14-28-15-22/h3-11,13,22H,12,14-15H2,1-2H3. The molecule has 1 fully saturated rings. The van der Waals surface area contributed by atoms with Gasteiger partial charge in [0.25, 0.3) is 5.89 Å². The lowest BCUT2D eigenvalue weighted by atomic mass is 9.96. The first kappa shape index (κ1) is 17.9. The quantitative estimate of drug-likeness (QED) is 0.486. The van der Waals surface area contributed by atoms with Crippen molar-refractivity contribution in [3.05, 3.63) is 83.2 Å². The Morgan fingerprint density at radius 2 is 1.72 bits per heavy atom. The van der Waals surface area contributed by atoms with Crippen LogP contribution in [0.2, 0.25) is 0 Å². The first-order valence-electron chi connectivity index (χ1n) is 9.90. The van der Waals surface area contributed by atoms with Crippen LogP contribution in [0.1, 0.15) is 28.3 Å². The van der Waals surface area contributed by atoms with Gasteiger partial charge in [0.2, 0.25) is 5.82 Å². The first-order valence-corrected chi connectivity index (χ1v) is 9.90. The zero-order chi connectivity index (χ0) is 19.8. The molecule has 3 heterocycles. The predicted molar refractivity (Wildman–Crippen MR) is 112 cm³/mol. The first-order chi connectivity index (χ1) is 14.2. The predicted octanol–water partition coefficient (Wildman–Crippen LogP) is 4.98. The Morgan fingerprint density at radius 3 is 2.41 bits per heavy atom. The molecular weight excluding hydrogens is 362 g/mol. The fourth-order valence-electron chi connectivity index (χ4n) is 3.58. The molecule has 5 heteroatoms. The molecule has 0 spiro atoms. The van der Waals surface area contributed by atoms with Crippen molar-refractivity contribution in [2.24, 2.45) is 0 Å². The largest absolute Gasteiger partial charge is 0.380 e. The summed E-state index contributed by atoms with van der Waals surface area (Å²) in [6.07, 6.45) is 2.08. The van der Waals surface area contributed by atoms with Crippen LogP contribution in [0.25, 0.3) is 22.8 Å². The van der Waals surface area contributed by atoms with Gasteiger partial charge in [-0.3, -0.25) is 0 Å². The molecule has 1 saturated heterocycles. The molecule has 2 aromatic heterocycles. The molecule has 0 N–H and O–H groups in total. The Bertz CT molecular complexity index is 1120. The van der Waals surface area contributed by atoms with Crippen LogP contribution >= 0.6 is 0 Å². The highest BCUT2D eigenvalue weighted by molar-refractivity contribution is 5.60. The van der Waals surface area contributed by atoms with Gasteiger partial charge in [0, 0.05) is 29.9 Å². The van der Waals surface area contributed by atoms with Gasteiger partial charge in [-0.25, -0.2) is 0 Å². The van der Waals surface area contributed by atoms with Crippen molar-refractivity contribution in [3.63, 3.8) is 0 Å². The lowest BCUT2D eigenvalue weighted by molar-refractivity contribution is 0.00843. The van der Waals surface area contributed by atoms with Crippen LogP contribution in [0.4, 0.5) is 0 Å². The van der Waals surface area contributed by atoms with E-state index in [1.165, 1.54) is 16.7 Å². The second-order valence-electron chi connectivity index (χ2n) is 7.76. The van der Waals surface area contributed by atoms with Gasteiger partial charge in [0.1, 0.15) is 0 Å². The third-order valence-corrected chi connectivity index (χ3v) is 5.54. The summed E-state index contributed by atoms with van der Waals surface area (Å²) in [6, 6.07) is 19.1. The van der Waals surface area contributed by atoms with Gasteiger partial charge in [-0.15, -0.1) is 0 Å². The third kappa shape index (κ3) is 3.61. The minimum atomic E-state index is 0.515. The van der Waals surface area contributed by atoms with Crippen LogP contribution in [0.15, 0.2) is 65.3 Å². The van der Waals surface area contributed by atoms with Crippen molar-refractivity contribution in [1.82, 2.24) is 14.7 Å². The topological polar surface area (TPSA) is 53.1 Å². The molecule has 0 saturated carbocycles. The van der Waals surface area contributed by atoms with Crippen molar-refractivity contribution in [2.75, 3.05) is 13.2 Å². The van der Waals surface area contributed by atoms with Crippen LogP contribution in [-0.4, -0.2) is 27.9 Å². The Hall–Kier alpha value is -3.18. The van der Waals surface area contributed by atoms with Gasteiger partial charge in [0.15, 0.2) is 0 Å². The molecular formula is C24H23N3O2. The average molecular weight is 385 g/mol. The van der Waals surface area contributed by atoms with E-state index in [2.05, 4.69) is 89.3 Å². The minimum Gasteiger partial charge on any atom is -0.380 e. The highest BCUT2D eigenvalue weighted by atomic mass is 16.5. The summed E-state index contributed by atoms with van der Waals surface area (Å²) in [5, 5.41) is 4.18.